The van der Waals surface area contributed by atoms with Gasteiger partial charge in [0.25, 0.3) is 0 Å². The average molecular weight is 190 g/mol. The first-order valence-electron chi connectivity index (χ1n) is 5.64. The molecule has 0 heteroatoms. The fourth-order valence-electron chi connectivity index (χ4n) is 2.37. The Kier molecular flexibility index (Phi) is 4.19. The van der Waals surface area contributed by atoms with Gasteiger partial charge in [0.05, 0.1) is 0 Å². The minimum Gasteiger partial charge on any atom is -0.103 e. The van der Waals surface area contributed by atoms with E-state index < -0.39 is 0 Å². The summed E-state index contributed by atoms with van der Waals surface area (Å²) in [6.45, 7) is 10.1. The van der Waals surface area contributed by atoms with E-state index in [1.807, 2.05) is 12.2 Å². The third kappa shape index (κ3) is 2.60. The van der Waals surface area contributed by atoms with Gasteiger partial charge < -0.3 is 0 Å². The van der Waals surface area contributed by atoms with E-state index in [2.05, 4.69) is 26.2 Å². The number of hydrogen-bond acceptors (Lipinski definition) is 0. The lowest BCUT2D eigenvalue weighted by molar-refractivity contribution is 0.382. The van der Waals surface area contributed by atoms with E-state index in [1.54, 1.807) is 5.57 Å². The third-order valence-corrected chi connectivity index (χ3v) is 3.26. The summed E-state index contributed by atoms with van der Waals surface area (Å²) in [5.41, 5.74) is 1.92. The Hall–Kier alpha value is -0.780. The molecule has 0 aliphatic heterocycles. The van der Waals surface area contributed by atoms with Crippen LogP contribution in [-0.4, -0.2) is 0 Å². The molecule has 0 amide bonds. The molecule has 1 aliphatic rings. The van der Waals surface area contributed by atoms with Crippen LogP contribution in [0.2, 0.25) is 0 Å². The van der Waals surface area contributed by atoms with Crippen molar-refractivity contribution in [1.82, 2.24) is 0 Å². The van der Waals surface area contributed by atoms with Crippen LogP contribution in [0.3, 0.4) is 0 Å². The molecule has 0 saturated carbocycles. The lowest BCUT2D eigenvalue weighted by Gasteiger charge is -2.32. The van der Waals surface area contributed by atoms with Crippen molar-refractivity contribution in [3.63, 3.8) is 0 Å². The highest BCUT2D eigenvalue weighted by atomic mass is 14.3. The SMILES string of the molecule is C=CCC(C)(CC=C)C1=CCCCC1. The van der Waals surface area contributed by atoms with Crippen molar-refractivity contribution in [3.8, 4) is 0 Å². The van der Waals surface area contributed by atoms with Gasteiger partial charge in [-0.05, 0) is 43.9 Å². The maximum Gasteiger partial charge on any atom is -0.00477 e. The highest BCUT2D eigenvalue weighted by Gasteiger charge is 2.26. The van der Waals surface area contributed by atoms with E-state index >= 15 is 0 Å². The summed E-state index contributed by atoms with van der Waals surface area (Å²) in [4.78, 5) is 0. The van der Waals surface area contributed by atoms with Crippen LogP contribution in [-0.2, 0) is 0 Å². The van der Waals surface area contributed by atoms with Crippen molar-refractivity contribution >= 4 is 0 Å². The summed E-state index contributed by atoms with van der Waals surface area (Å²) in [5.74, 6) is 0. The summed E-state index contributed by atoms with van der Waals surface area (Å²) in [5, 5.41) is 0. The molecule has 0 saturated heterocycles. The van der Waals surface area contributed by atoms with Crippen LogP contribution in [0.15, 0.2) is 37.0 Å². The average Bonchev–Trinajstić information content (AvgIpc) is 2.20. The van der Waals surface area contributed by atoms with Crippen molar-refractivity contribution in [2.75, 3.05) is 0 Å². The second kappa shape index (κ2) is 5.19. The molecule has 1 rings (SSSR count). The van der Waals surface area contributed by atoms with Gasteiger partial charge in [0.2, 0.25) is 0 Å². The molecule has 0 nitrogen and oxygen atoms in total. The molecule has 0 heterocycles. The molecule has 0 atom stereocenters. The molecule has 0 aromatic rings. The Bertz CT molecular complexity index is 222. The lowest BCUT2D eigenvalue weighted by Crippen LogP contribution is -2.19. The molecule has 0 aromatic carbocycles. The second-order valence-corrected chi connectivity index (χ2v) is 4.52. The van der Waals surface area contributed by atoms with Crippen LogP contribution in [0.4, 0.5) is 0 Å². The third-order valence-electron chi connectivity index (χ3n) is 3.26. The number of allylic oxidation sites excluding steroid dienone is 4. The van der Waals surface area contributed by atoms with E-state index in [0.717, 1.165) is 12.8 Å². The van der Waals surface area contributed by atoms with Crippen LogP contribution in [0, 0.1) is 5.41 Å². The first kappa shape index (κ1) is 11.3. The summed E-state index contributed by atoms with van der Waals surface area (Å²) in [6.07, 6.45) is 13.9. The molecular formula is C14H22. The molecule has 0 N–H and O–H groups in total. The lowest BCUT2D eigenvalue weighted by atomic mass is 9.72. The minimum absolute atomic E-state index is 0.296. The van der Waals surface area contributed by atoms with Gasteiger partial charge in [-0.15, -0.1) is 13.2 Å². The summed E-state index contributed by atoms with van der Waals surface area (Å²) in [6, 6.07) is 0. The topological polar surface area (TPSA) is 0 Å². The first-order valence-corrected chi connectivity index (χ1v) is 5.64. The van der Waals surface area contributed by atoms with E-state index in [1.165, 1.54) is 25.7 Å². The Balaban J connectivity index is 2.78. The Morgan fingerprint density at radius 1 is 1.29 bits per heavy atom. The van der Waals surface area contributed by atoms with Crippen LogP contribution in [0.5, 0.6) is 0 Å². The normalized spacial score (nSPS) is 17.4. The molecule has 1 aliphatic carbocycles. The predicted molar refractivity (Wildman–Crippen MR) is 64.3 cm³/mol. The van der Waals surface area contributed by atoms with Gasteiger partial charge in [-0.2, -0.15) is 0 Å². The zero-order valence-electron chi connectivity index (χ0n) is 9.39. The highest BCUT2D eigenvalue weighted by molar-refractivity contribution is 5.18. The molecule has 0 bridgehead atoms. The summed E-state index contributed by atoms with van der Waals surface area (Å²) < 4.78 is 0. The Morgan fingerprint density at radius 3 is 2.36 bits per heavy atom. The maximum absolute atomic E-state index is 3.86. The monoisotopic (exact) mass is 190 g/mol. The molecule has 0 radical (unpaired) electrons. The second-order valence-electron chi connectivity index (χ2n) is 4.52. The maximum atomic E-state index is 3.86. The highest BCUT2D eigenvalue weighted by Crippen LogP contribution is 2.40. The van der Waals surface area contributed by atoms with E-state index in [9.17, 15) is 0 Å². The predicted octanol–water partition coefficient (Wildman–Crippen LogP) is 4.65. The van der Waals surface area contributed by atoms with Gasteiger partial charge in [0, 0.05) is 0 Å². The molecule has 0 aromatic heterocycles. The van der Waals surface area contributed by atoms with Gasteiger partial charge in [-0.1, -0.05) is 30.7 Å². The zero-order chi connectivity index (χ0) is 10.4. The Labute approximate surface area is 88.4 Å². The van der Waals surface area contributed by atoms with Crippen LogP contribution >= 0.6 is 0 Å². The van der Waals surface area contributed by atoms with Crippen molar-refractivity contribution in [3.05, 3.63) is 37.0 Å². The Morgan fingerprint density at radius 2 is 1.93 bits per heavy atom. The van der Waals surface area contributed by atoms with Gasteiger partial charge in [-0.3, -0.25) is 0 Å². The van der Waals surface area contributed by atoms with Crippen molar-refractivity contribution in [2.24, 2.45) is 5.41 Å². The summed E-state index contributed by atoms with van der Waals surface area (Å²) in [7, 11) is 0. The molecule has 0 spiro atoms. The van der Waals surface area contributed by atoms with Crippen molar-refractivity contribution < 1.29 is 0 Å². The van der Waals surface area contributed by atoms with Crippen LogP contribution in [0.25, 0.3) is 0 Å². The van der Waals surface area contributed by atoms with E-state index in [-0.39, 0.29) is 0 Å². The molecule has 0 unspecified atom stereocenters. The fraction of sp³-hybridized carbons (Fsp3) is 0.571. The smallest absolute Gasteiger partial charge is 0.00477 e. The number of rotatable bonds is 5. The molecular weight excluding hydrogens is 168 g/mol. The van der Waals surface area contributed by atoms with Gasteiger partial charge in [0.1, 0.15) is 0 Å². The van der Waals surface area contributed by atoms with E-state index in [0.29, 0.717) is 5.41 Å². The standard InChI is InChI=1S/C14H22/c1-4-11-14(3,12-5-2)13-9-7-6-8-10-13/h4-5,9H,1-2,6-8,10-12H2,3H3. The molecule has 0 fully saturated rings. The number of hydrogen-bond donors (Lipinski definition) is 0. The van der Waals surface area contributed by atoms with Gasteiger partial charge >= 0.3 is 0 Å². The van der Waals surface area contributed by atoms with Gasteiger partial charge in [-0.25, -0.2) is 0 Å². The molecule has 78 valence electrons. The largest absolute Gasteiger partial charge is 0.103 e. The van der Waals surface area contributed by atoms with Gasteiger partial charge in [0.15, 0.2) is 0 Å². The minimum atomic E-state index is 0.296. The van der Waals surface area contributed by atoms with Crippen molar-refractivity contribution in [1.29, 1.82) is 0 Å². The quantitative estimate of drug-likeness (QED) is 0.554. The van der Waals surface area contributed by atoms with Crippen molar-refractivity contribution in [2.45, 2.75) is 45.4 Å². The van der Waals surface area contributed by atoms with Crippen LogP contribution < -0.4 is 0 Å². The fourth-order valence-corrected chi connectivity index (χ4v) is 2.37. The first-order chi connectivity index (χ1) is 6.73. The molecule has 14 heavy (non-hydrogen) atoms. The van der Waals surface area contributed by atoms with Crippen LogP contribution in [0.1, 0.15) is 45.4 Å². The zero-order valence-corrected chi connectivity index (χ0v) is 9.39. The van der Waals surface area contributed by atoms with E-state index in [4.69, 9.17) is 0 Å². The summed E-state index contributed by atoms with van der Waals surface area (Å²) >= 11 is 0.